The van der Waals surface area contributed by atoms with Crippen LogP contribution in [0.5, 0.6) is 0 Å². The van der Waals surface area contributed by atoms with E-state index in [9.17, 15) is 8.42 Å². The molecule has 5 heteroatoms. The zero-order chi connectivity index (χ0) is 15.7. The molecule has 0 amide bonds. The van der Waals surface area contributed by atoms with Crippen LogP contribution in [0.4, 0.5) is 0 Å². The van der Waals surface area contributed by atoms with Gasteiger partial charge >= 0.3 is 0 Å². The van der Waals surface area contributed by atoms with E-state index in [-0.39, 0.29) is 4.90 Å². The molecule has 0 saturated carbocycles. The Balaban J connectivity index is 2.11. The molecule has 0 saturated heterocycles. The van der Waals surface area contributed by atoms with Crippen LogP contribution < -0.4 is 0 Å². The topological polar surface area (TPSA) is 39.1 Å². The highest BCUT2D eigenvalue weighted by Crippen LogP contribution is 2.26. The van der Waals surface area contributed by atoms with Crippen molar-refractivity contribution in [1.82, 2.24) is 3.97 Å². The van der Waals surface area contributed by atoms with E-state index in [1.807, 2.05) is 6.92 Å². The molecule has 0 radical (unpaired) electrons. The fraction of sp³-hybridized carbons (Fsp3) is 0.0588. The summed E-state index contributed by atoms with van der Waals surface area (Å²) in [5, 5.41) is 0.614. The van der Waals surface area contributed by atoms with Crippen LogP contribution in [0.3, 0.4) is 0 Å². The number of hydrogen-bond acceptors (Lipinski definition) is 2. The van der Waals surface area contributed by atoms with E-state index in [1.54, 1.807) is 66.9 Å². The van der Waals surface area contributed by atoms with E-state index in [0.29, 0.717) is 10.7 Å². The first-order valence-electron chi connectivity index (χ1n) is 6.74. The third-order valence-electron chi connectivity index (χ3n) is 3.43. The molecule has 0 N–H and O–H groups in total. The highest BCUT2D eigenvalue weighted by molar-refractivity contribution is 7.90. The van der Waals surface area contributed by atoms with Gasteiger partial charge < -0.3 is 0 Å². The summed E-state index contributed by atoms with van der Waals surface area (Å²) >= 11 is 5.89. The molecule has 1 heterocycles. The number of nitrogens with zero attached hydrogens (tertiary/aromatic N) is 1. The maximum atomic E-state index is 12.8. The first kappa shape index (κ1) is 14.9. The molecular formula is C17H14ClNO2S. The largest absolute Gasteiger partial charge is 0.268 e. The van der Waals surface area contributed by atoms with Crippen molar-refractivity contribution < 1.29 is 8.42 Å². The molecule has 3 aromatic rings. The minimum atomic E-state index is -3.62. The fourth-order valence-corrected chi connectivity index (χ4v) is 3.73. The molecule has 0 atom stereocenters. The summed E-state index contributed by atoms with van der Waals surface area (Å²) in [4.78, 5) is 0.268. The maximum Gasteiger partial charge on any atom is 0.268 e. The molecule has 0 aliphatic rings. The first-order chi connectivity index (χ1) is 10.5. The van der Waals surface area contributed by atoms with Gasteiger partial charge in [0.15, 0.2) is 0 Å². The molecule has 0 unspecified atom stereocenters. The van der Waals surface area contributed by atoms with E-state index >= 15 is 0 Å². The average molecular weight is 332 g/mol. The second kappa shape index (κ2) is 5.63. The van der Waals surface area contributed by atoms with Crippen molar-refractivity contribution in [2.45, 2.75) is 11.8 Å². The number of rotatable bonds is 3. The van der Waals surface area contributed by atoms with E-state index in [4.69, 9.17) is 11.6 Å². The fourth-order valence-electron chi connectivity index (χ4n) is 2.24. The summed E-state index contributed by atoms with van der Waals surface area (Å²) in [6.45, 7) is 1.92. The van der Waals surface area contributed by atoms with Crippen LogP contribution in [-0.4, -0.2) is 12.4 Å². The van der Waals surface area contributed by atoms with Crippen molar-refractivity contribution in [3.63, 3.8) is 0 Å². The molecule has 112 valence electrons. The van der Waals surface area contributed by atoms with E-state index < -0.39 is 10.0 Å². The van der Waals surface area contributed by atoms with Crippen molar-refractivity contribution in [2.24, 2.45) is 0 Å². The van der Waals surface area contributed by atoms with Gasteiger partial charge in [0.1, 0.15) is 0 Å². The SMILES string of the molecule is Cc1ccc(S(=O)(=O)n2cccc2-c2ccc(Cl)cc2)cc1. The molecule has 22 heavy (non-hydrogen) atoms. The number of halogens is 1. The molecular weight excluding hydrogens is 318 g/mol. The Bertz CT molecular complexity index is 895. The minimum absolute atomic E-state index is 0.268. The molecule has 0 aliphatic carbocycles. The van der Waals surface area contributed by atoms with Gasteiger partial charge in [-0.15, -0.1) is 0 Å². The van der Waals surface area contributed by atoms with Gasteiger partial charge in [0.05, 0.1) is 10.6 Å². The Morgan fingerprint density at radius 1 is 0.909 bits per heavy atom. The molecule has 0 fully saturated rings. The van der Waals surface area contributed by atoms with Gasteiger partial charge in [-0.05, 0) is 48.9 Å². The molecule has 1 aromatic heterocycles. The van der Waals surface area contributed by atoms with Gasteiger partial charge in [0.25, 0.3) is 10.0 Å². The lowest BCUT2D eigenvalue weighted by Crippen LogP contribution is -2.13. The second-order valence-electron chi connectivity index (χ2n) is 5.01. The Morgan fingerprint density at radius 2 is 1.55 bits per heavy atom. The summed E-state index contributed by atoms with van der Waals surface area (Å²) in [6.07, 6.45) is 1.55. The molecule has 0 aliphatic heterocycles. The zero-order valence-corrected chi connectivity index (χ0v) is 13.5. The van der Waals surface area contributed by atoms with Gasteiger partial charge in [-0.3, -0.25) is 0 Å². The van der Waals surface area contributed by atoms with Gasteiger partial charge in [-0.25, -0.2) is 12.4 Å². The predicted octanol–water partition coefficient (Wildman–Crippen LogP) is 4.35. The highest BCUT2D eigenvalue weighted by atomic mass is 35.5. The van der Waals surface area contributed by atoms with Gasteiger partial charge in [0, 0.05) is 11.2 Å². The van der Waals surface area contributed by atoms with Crippen molar-refractivity contribution in [3.8, 4) is 11.3 Å². The van der Waals surface area contributed by atoms with Crippen molar-refractivity contribution in [2.75, 3.05) is 0 Å². The summed E-state index contributed by atoms with van der Waals surface area (Å²) in [6, 6.07) is 17.4. The second-order valence-corrected chi connectivity index (χ2v) is 7.27. The molecule has 2 aromatic carbocycles. The summed E-state index contributed by atoms with van der Waals surface area (Å²) in [7, 11) is -3.62. The highest BCUT2D eigenvalue weighted by Gasteiger charge is 2.19. The van der Waals surface area contributed by atoms with Crippen molar-refractivity contribution in [1.29, 1.82) is 0 Å². The molecule has 3 nitrogen and oxygen atoms in total. The van der Waals surface area contributed by atoms with Crippen molar-refractivity contribution >= 4 is 21.6 Å². The smallest absolute Gasteiger partial charge is 0.241 e. The first-order valence-corrected chi connectivity index (χ1v) is 8.56. The summed E-state index contributed by atoms with van der Waals surface area (Å²) in [5.41, 5.74) is 2.42. The van der Waals surface area contributed by atoms with Crippen LogP contribution in [0.15, 0.2) is 71.8 Å². The lowest BCUT2D eigenvalue weighted by atomic mass is 10.2. The third kappa shape index (κ3) is 2.67. The van der Waals surface area contributed by atoms with Crippen LogP contribution in [-0.2, 0) is 10.0 Å². The van der Waals surface area contributed by atoms with Crippen LogP contribution >= 0.6 is 11.6 Å². The Kier molecular flexibility index (Phi) is 3.81. The van der Waals surface area contributed by atoms with Crippen LogP contribution in [0.25, 0.3) is 11.3 Å². The molecule has 0 bridgehead atoms. The Morgan fingerprint density at radius 3 is 2.18 bits per heavy atom. The van der Waals surface area contributed by atoms with Gasteiger partial charge in [-0.1, -0.05) is 41.4 Å². The van der Waals surface area contributed by atoms with E-state index in [0.717, 1.165) is 11.1 Å². The monoisotopic (exact) mass is 331 g/mol. The Labute approximate surface area is 134 Å². The number of aromatic nitrogens is 1. The van der Waals surface area contributed by atoms with E-state index in [2.05, 4.69) is 0 Å². The lowest BCUT2D eigenvalue weighted by Gasteiger charge is -2.11. The van der Waals surface area contributed by atoms with Crippen LogP contribution in [0, 0.1) is 6.92 Å². The Hall–Kier alpha value is -2.04. The van der Waals surface area contributed by atoms with E-state index in [1.165, 1.54) is 3.97 Å². The predicted molar refractivity (Wildman–Crippen MR) is 88.6 cm³/mol. The molecule has 3 rings (SSSR count). The lowest BCUT2D eigenvalue weighted by molar-refractivity contribution is 0.588. The van der Waals surface area contributed by atoms with Crippen molar-refractivity contribution in [3.05, 3.63) is 77.4 Å². The van der Waals surface area contributed by atoms with Crippen LogP contribution in [0.1, 0.15) is 5.56 Å². The van der Waals surface area contributed by atoms with Gasteiger partial charge in [0.2, 0.25) is 0 Å². The maximum absolute atomic E-state index is 12.8. The van der Waals surface area contributed by atoms with Crippen LogP contribution in [0.2, 0.25) is 5.02 Å². The average Bonchev–Trinajstić information content (AvgIpc) is 2.99. The summed E-state index contributed by atoms with van der Waals surface area (Å²) in [5.74, 6) is 0. The zero-order valence-electron chi connectivity index (χ0n) is 11.9. The quantitative estimate of drug-likeness (QED) is 0.715. The number of hydrogen-bond donors (Lipinski definition) is 0. The number of aryl methyl sites for hydroxylation is 1. The van der Waals surface area contributed by atoms with Gasteiger partial charge in [-0.2, -0.15) is 0 Å². The molecule has 0 spiro atoms. The summed E-state index contributed by atoms with van der Waals surface area (Å²) < 4.78 is 26.9. The standard InChI is InChI=1S/C17H14ClNO2S/c1-13-4-10-16(11-5-13)22(20,21)19-12-2-3-17(19)14-6-8-15(18)9-7-14/h2-12H,1H3. The third-order valence-corrected chi connectivity index (χ3v) is 5.39. The number of benzene rings is 2. The normalized spacial score (nSPS) is 11.5. The minimum Gasteiger partial charge on any atom is -0.241 e.